The highest BCUT2D eigenvalue weighted by molar-refractivity contribution is 4.97. The molecular formula is C13H26N2O. The predicted molar refractivity (Wildman–Crippen MR) is 66.4 cm³/mol. The van der Waals surface area contributed by atoms with Crippen molar-refractivity contribution in [2.45, 2.75) is 69.1 Å². The zero-order valence-corrected chi connectivity index (χ0v) is 10.5. The predicted octanol–water partition coefficient (Wildman–Crippen LogP) is 1.81. The summed E-state index contributed by atoms with van der Waals surface area (Å²) in [6.07, 6.45) is 10.6. The van der Waals surface area contributed by atoms with Gasteiger partial charge in [0.25, 0.3) is 0 Å². The Labute approximate surface area is 99.1 Å². The molecule has 0 saturated heterocycles. The Hall–Kier alpha value is -0.120. The van der Waals surface area contributed by atoms with Crippen molar-refractivity contribution < 1.29 is 4.74 Å². The molecule has 0 amide bonds. The normalized spacial score (nSPS) is 36.8. The van der Waals surface area contributed by atoms with E-state index >= 15 is 0 Å². The van der Waals surface area contributed by atoms with Gasteiger partial charge < -0.3 is 15.8 Å². The van der Waals surface area contributed by atoms with Crippen LogP contribution >= 0.6 is 0 Å². The van der Waals surface area contributed by atoms with Crippen LogP contribution in [0.1, 0.15) is 51.4 Å². The molecule has 0 aromatic rings. The fraction of sp³-hybridized carbons (Fsp3) is 1.00. The van der Waals surface area contributed by atoms with Gasteiger partial charge in [-0.1, -0.05) is 12.8 Å². The first kappa shape index (κ1) is 12.3. The molecular weight excluding hydrogens is 200 g/mol. The topological polar surface area (TPSA) is 47.3 Å². The van der Waals surface area contributed by atoms with E-state index < -0.39 is 0 Å². The summed E-state index contributed by atoms with van der Waals surface area (Å²) in [5, 5.41) is 3.84. The highest BCUT2D eigenvalue weighted by atomic mass is 16.5. The highest BCUT2D eigenvalue weighted by Gasteiger charge is 2.37. The molecule has 2 saturated carbocycles. The van der Waals surface area contributed by atoms with E-state index in [1.165, 1.54) is 44.9 Å². The van der Waals surface area contributed by atoms with Crippen molar-refractivity contribution in [3.05, 3.63) is 0 Å². The monoisotopic (exact) mass is 226 g/mol. The number of hydrogen-bond acceptors (Lipinski definition) is 3. The summed E-state index contributed by atoms with van der Waals surface area (Å²) < 4.78 is 5.52. The molecule has 2 aliphatic carbocycles. The average Bonchev–Trinajstić information content (AvgIpc) is 2.82. The van der Waals surface area contributed by atoms with Crippen LogP contribution in [0.5, 0.6) is 0 Å². The number of nitrogens with two attached hydrogens (primary N) is 1. The van der Waals surface area contributed by atoms with Crippen LogP contribution in [-0.2, 0) is 4.74 Å². The molecule has 2 rings (SSSR count). The quantitative estimate of drug-likeness (QED) is 0.768. The van der Waals surface area contributed by atoms with E-state index in [2.05, 4.69) is 5.32 Å². The van der Waals surface area contributed by atoms with Crippen LogP contribution in [0, 0.1) is 0 Å². The Bertz CT molecular complexity index is 216. The van der Waals surface area contributed by atoms with Crippen molar-refractivity contribution in [2.24, 2.45) is 5.73 Å². The second-order valence-electron chi connectivity index (χ2n) is 5.56. The number of methoxy groups -OCH3 is 1. The summed E-state index contributed by atoms with van der Waals surface area (Å²) in [7, 11) is 1.83. The van der Waals surface area contributed by atoms with E-state index in [9.17, 15) is 0 Å². The van der Waals surface area contributed by atoms with Gasteiger partial charge in [0.1, 0.15) is 0 Å². The average molecular weight is 226 g/mol. The van der Waals surface area contributed by atoms with E-state index in [1.807, 2.05) is 7.11 Å². The molecule has 16 heavy (non-hydrogen) atoms. The number of nitrogens with one attached hydrogen (secondary N) is 1. The Kier molecular flexibility index (Phi) is 4.22. The van der Waals surface area contributed by atoms with Crippen LogP contribution in [0.4, 0.5) is 0 Å². The van der Waals surface area contributed by atoms with Gasteiger partial charge in [-0.05, 0) is 38.5 Å². The van der Waals surface area contributed by atoms with E-state index in [0.29, 0.717) is 12.1 Å². The maximum atomic E-state index is 6.02. The van der Waals surface area contributed by atoms with Gasteiger partial charge in [-0.2, -0.15) is 0 Å². The molecule has 3 nitrogen and oxygen atoms in total. The van der Waals surface area contributed by atoms with Crippen molar-refractivity contribution >= 4 is 0 Å². The summed E-state index contributed by atoms with van der Waals surface area (Å²) in [6, 6.07) is 0.708. The van der Waals surface area contributed by atoms with E-state index in [1.54, 1.807) is 0 Å². The standard InChI is InChI=1S/C13H26N2O/c1-16-12-7-4-8-13(9-12,10-14)15-11-5-2-3-6-11/h11-12,15H,2-10,14H2,1H3. The van der Waals surface area contributed by atoms with Crippen molar-refractivity contribution in [2.75, 3.05) is 13.7 Å². The molecule has 2 unspecified atom stereocenters. The lowest BCUT2D eigenvalue weighted by Gasteiger charge is -2.42. The largest absolute Gasteiger partial charge is 0.381 e. The third-order valence-corrected chi connectivity index (χ3v) is 4.39. The van der Waals surface area contributed by atoms with Gasteiger partial charge in [0.05, 0.1) is 6.10 Å². The lowest BCUT2D eigenvalue weighted by atomic mass is 9.79. The molecule has 3 heteroatoms. The maximum Gasteiger partial charge on any atom is 0.0589 e. The van der Waals surface area contributed by atoms with Crippen LogP contribution in [0.15, 0.2) is 0 Å². The SMILES string of the molecule is COC1CCCC(CN)(NC2CCCC2)C1. The minimum Gasteiger partial charge on any atom is -0.381 e. The summed E-state index contributed by atoms with van der Waals surface area (Å²) in [5.74, 6) is 0. The number of ether oxygens (including phenoxy) is 1. The van der Waals surface area contributed by atoms with E-state index in [-0.39, 0.29) is 5.54 Å². The van der Waals surface area contributed by atoms with Gasteiger partial charge in [0.2, 0.25) is 0 Å². The smallest absolute Gasteiger partial charge is 0.0589 e. The fourth-order valence-corrected chi connectivity index (χ4v) is 3.39. The lowest BCUT2D eigenvalue weighted by molar-refractivity contribution is 0.0294. The zero-order chi connectivity index (χ0) is 11.4. The molecule has 0 heterocycles. The van der Waals surface area contributed by atoms with Crippen molar-refractivity contribution in [3.8, 4) is 0 Å². The molecule has 0 aromatic carbocycles. The summed E-state index contributed by atoms with van der Waals surface area (Å²) in [4.78, 5) is 0. The minimum atomic E-state index is 0.161. The van der Waals surface area contributed by atoms with E-state index in [0.717, 1.165) is 13.0 Å². The molecule has 0 aromatic heterocycles. The number of hydrogen-bond donors (Lipinski definition) is 2. The van der Waals surface area contributed by atoms with E-state index in [4.69, 9.17) is 10.5 Å². The first-order valence-corrected chi connectivity index (χ1v) is 6.78. The maximum absolute atomic E-state index is 6.02. The van der Waals surface area contributed by atoms with Crippen molar-refractivity contribution in [1.29, 1.82) is 0 Å². The Balaban J connectivity index is 1.94. The molecule has 2 fully saturated rings. The molecule has 0 spiro atoms. The fourth-order valence-electron chi connectivity index (χ4n) is 3.39. The molecule has 3 N–H and O–H groups in total. The second kappa shape index (κ2) is 5.48. The van der Waals surface area contributed by atoms with Crippen LogP contribution in [0.3, 0.4) is 0 Å². The zero-order valence-electron chi connectivity index (χ0n) is 10.5. The van der Waals surface area contributed by atoms with Crippen LogP contribution in [0.2, 0.25) is 0 Å². The van der Waals surface area contributed by atoms with Gasteiger partial charge in [-0.15, -0.1) is 0 Å². The summed E-state index contributed by atoms with van der Waals surface area (Å²) in [6.45, 7) is 0.753. The van der Waals surface area contributed by atoms with Crippen LogP contribution < -0.4 is 11.1 Å². The van der Waals surface area contributed by atoms with Gasteiger partial charge in [-0.25, -0.2) is 0 Å². The molecule has 0 radical (unpaired) electrons. The minimum absolute atomic E-state index is 0.161. The third-order valence-electron chi connectivity index (χ3n) is 4.39. The van der Waals surface area contributed by atoms with Crippen molar-refractivity contribution in [1.82, 2.24) is 5.32 Å². The summed E-state index contributed by atoms with van der Waals surface area (Å²) >= 11 is 0. The lowest BCUT2D eigenvalue weighted by Crippen LogP contribution is -2.58. The first-order valence-electron chi connectivity index (χ1n) is 6.78. The molecule has 2 atom stereocenters. The molecule has 2 aliphatic rings. The van der Waals surface area contributed by atoms with Gasteiger partial charge in [0, 0.05) is 25.2 Å². The number of rotatable bonds is 4. The van der Waals surface area contributed by atoms with Crippen LogP contribution in [0.25, 0.3) is 0 Å². The van der Waals surface area contributed by atoms with Crippen LogP contribution in [-0.4, -0.2) is 31.3 Å². The molecule has 0 aliphatic heterocycles. The van der Waals surface area contributed by atoms with Gasteiger partial charge in [0.15, 0.2) is 0 Å². The highest BCUT2D eigenvalue weighted by Crippen LogP contribution is 2.31. The Morgan fingerprint density at radius 1 is 1.25 bits per heavy atom. The van der Waals surface area contributed by atoms with Gasteiger partial charge >= 0.3 is 0 Å². The summed E-state index contributed by atoms with van der Waals surface area (Å²) in [5.41, 5.74) is 6.18. The van der Waals surface area contributed by atoms with Gasteiger partial charge in [-0.3, -0.25) is 0 Å². The second-order valence-corrected chi connectivity index (χ2v) is 5.56. The first-order chi connectivity index (χ1) is 7.78. The molecule has 94 valence electrons. The molecule has 0 bridgehead atoms. The Morgan fingerprint density at radius 3 is 2.62 bits per heavy atom. The van der Waals surface area contributed by atoms with Crippen molar-refractivity contribution in [3.63, 3.8) is 0 Å². The third kappa shape index (κ3) is 2.76. The Morgan fingerprint density at radius 2 is 2.00 bits per heavy atom.